The van der Waals surface area contributed by atoms with Gasteiger partial charge in [0.05, 0.1) is 11.6 Å². The van der Waals surface area contributed by atoms with Gasteiger partial charge >= 0.3 is 0 Å². The van der Waals surface area contributed by atoms with Crippen LogP contribution in [0.1, 0.15) is 38.5 Å². The predicted molar refractivity (Wildman–Crippen MR) is 150 cm³/mol. The SMILES string of the molecule is O=C1C(NS(=O)(=O)c2ccc(-c3ccc(Cl)cc3Cl)s2)CCCN1CC(=O)N1CCCC1CN1CCCC1. The molecule has 8 nitrogen and oxygen atoms in total. The van der Waals surface area contributed by atoms with E-state index in [0.29, 0.717) is 46.4 Å². The monoisotopic (exact) mass is 598 g/mol. The van der Waals surface area contributed by atoms with E-state index in [4.69, 9.17) is 23.2 Å². The number of carbonyl (C=O) groups is 2. The van der Waals surface area contributed by atoms with Crippen LogP contribution in [0, 0.1) is 0 Å². The fourth-order valence-corrected chi connectivity index (χ4v) is 8.77. The highest BCUT2D eigenvalue weighted by molar-refractivity contribution is 7.91. The van der Waals surface area contributed by atoms with Crippen LogP contribution in [0.25, 0.3) is 10.4 Å². The second-order valence-electron chi connectivity index (χ2n) is 10.2. The van der Waals surface area contributed by atoms with Crippen molar-refractivity contribution in [2.45, 2.75) is 54.8 Å². The number of nitrogens with one attached hydrogen (secondary N) is 1. The second kappa shape index (κ2) is 11.8. The molecule has 0 radical (unpaired) electrons. The number of hydrogen-bond donors (Lipinski definition) is 1. The van der Waals surface area contributed by atoms with Gasteiger partial charge in [-0.1, -0.05) is 29.3 Å². The second-order valence-corrected chi connectivity index (χ2v) is 14.1. The summed E-state index contributed by atoms with van der Waals surface area (Å²) in [6.45, 7) is 4.23. The number of hydrogen-bond acceptors (Lipinski definition) is 6. The van der Waals surface area contributed by atoms with Crippen molar-refractivity contribution in [3.8, 4) is 10.4 Å². The van der Waals surface area contributed by atoms with E-state index in [-0.39, 0.29) is 28.6 Å². The zero-order valence-electron chi connectivity index (χ0n) is 21.1. The summed E-state index contributed by atoms with van der Waals surface area (Å²) < 4.78 is 29.0. The minimum absolute atomic E-state index is 0.00816. The molecule has 3 saturated heterocycles. The predicted octanol–water partition coefficient (Wildman–Crippen LogP) is 4.08. The van der Waals surface area contributed by atoms with E-state index in [1.165, 1.54) is 23.8 Å². The number of benzene rings is 1. The molecule has 2 unspecified atom stereocenters. The number of nitrogens with zero attached hydrogens (tertiary/aromatic N) is 3. The summed E-state index contributed by atoms with van der Waals surface area (Å²) in [6.07, 6.45) is 5.40. The minimum atomic E-state index is -3.94. The van der Waals surface area contributed by atoms with Gasteiger partial charge in [-0.3, -0.25) is 9.59 Å². The molecule has 0 spiro atoms. The molecule has 206 valence electrons. The highest BCUT2D eigenvalue weighted by atomic mass is 35.5. The summed E-state index contributed by atoms with van der Waals surface area (Å²) in [5.41, 5.74) is 0.686. The van der Waals surface area contributed by atoms with Crippen LogP contribution in [-0.2, 0) is 19.6 Å². The van der Waals surface area contributed by atoms with Crippen molar-refractivity contribution < 1.29 is 18.0 Å². The van der Waals surface area contributed by atoms with Crippen molar-refractivity contribution in [2.24, 2.45) is 0 Å². The van der Waals surface area contributed by atoms with Crippen molar-refractivity contribution in [3.63, 3.8) is 0 Å². The third kappa shape index (κ3) is 6.21. The molecule has 2 aromatic rings. The first-order chi connectivity index (χ1) is 18.2. The molecule has 1 N–H and O–H groups in total. The number of carbonyl (C=O) groups excluding carboxylic acids is 2. The Morgan fingerprint density at radius 1 is 1.00 bits per heavy atom. The normalized spacial score (nSPS) is 22.9. The molecule has 0 aliphatic carbocycles. The van der Waals surface area contributed by atoms with Gasteiger partial charge in [-0.2, -0.15) is 4.72 Å². The van der Waals surface area contributed by atoms with Gasteiger partial charge in [-0.15, -0.1) is 11.3 Å². The Balaban J connectivity index is 1.22. The molecular weight excluding hydrogens is 567 g/mol. The van der Waals surface area contributed by atoms with Crippen LogP contribution in [0.4, 0.5) is 0 Å². The average Bonchev–Trinajstić information content (AvgIpc) is 3.64. The fraction of sp³-hybridized carbons (Fsp3) is 0.538. The van der Waals surface area contributed by atoms with Crippen molar-refractivity contribution in [1.29, 1.82) is 0 Å². The lowest BCUT2D eigenvalue weighted by Crippen LogP contribution is -2.55. The Morgan fingerprint density at radius 3 is 2.53 bits per heavy atom. The van der Waals surface area contributed by atoms with Gasteiger partial charge in [0.15, 0.2) is 0 Å². The van der Waals surface area contributed by atoms with Crippen molar-refractivity contribution in [2.75, 3.05) is 39.3 Å². The number of amides is 2. The maximum absolute atomic E-state index is 13.2. The highest BCUT2D eigenvalue weighted by Gasteiger charge is 2.36. The first-order valence-electron chi connectivity index (χ1n) is 13.1. The smallest absolute Gasteiger partial charge is 0.250 e. The Morgan fingerprint density at radius 2 is 1.76 bits per heavy atom. The fourth-order valence-electron chi connectivity index (χ4n) is 5.62. The van der Waals surface area contributed by atoms with E-state index < -0.39 is 16.1 Å². The molecule has 12 heteroatoms. The van der Waals surface area contributed by atoms with Gasteiger partial charge in [0.25, 0.3) is 10.0 Å². The van der Waals surface area contributed by atoms with Gasteiger partial charge in [0.1, 0.15) is 10.3 Å². The first kappa shape index (κ1) is 27.9. The highest BCUT2D eigenvalue weighted by Crippen LogP contribution is 2.36. The molecule has 38 heavy (non-hydrogen) atoms. The van der Waals surface area contributed by atoms with Crippen LogP contribution in [0.5, 0.6) is 0 Å². The van der Waals surface area contributed by atoms with E-state index in [2.05, 4.69) is 9.62 Å². The number of likely N-dealkylation sites (tertiary alicyclic amines) is 3. The van der Waals surface area contributed by atoms with Gasteiger partial charge in [-0.25, -0.2) is 8.42 Å². The molecule has 3 aliphatic rings. The van der Waals surface area contributed by atoms with Gasteiger partial charge in [0.2, 0.25) is 11.8 Å². The van der Waals surface area contributed by atoms with Crippen molar-refractivity contribution in [3.05, 3.63) is 40.4 Å². The Kier molecular flexibility index (Phi) is 8.66. The number of thiophene rings is 1. The summed E-state index contributed by atoms with van der Waals surface area (Å²) in [7, 11) is -3.94. The molecular formula is C26H32Cl2N4O4S2. The molecule has 2 amide bonds. The molecule has 0 saturated carbocycles. The maximum atomic E-state index is 13.2. The maximum Gasteiger partial charge on any atom is 0.250 e. The van der Waals surface area contributed by atoms with E-state index >= 15 is 0 Å². The lowest BCUT2D eigenvalue weighted by atomic mass is 10.1. The molecule has 5 rings (SSSR count). The van der Waals surface area contributed by atoms with Crippen molar-refractivity contribution >= 4 is 56.4 Å². The lowest BCUT2D eigenvalue weighted by Gasteiger charge is -2.34. The summed E-state index contributed by atoms with van der Waals surface area (Å²) in [6, 6.07) is 7.55. The third-order valence-electron chi connectivity index (χ3n) is 7.56. The molecule has 2 atom stereocenters. The number of halogens is 2. The Bertz CT molecular complexity index is 1300. The van der Waals surface area contributed by atoms with Crippen LogP contribution >= 0.6 is 34.5 Å². The van der Waals surface area contributed by atoms with Crippen LogP contribution < -0.4 is 4.72 Å². The molecule has 1 aromatic heterocycles. The van der Waals surface area contributed by atoms with Crippen LogP contribution in [0.2, 0.25) is 10.0 Å². The van der Waals surface area contributed by atoms with Crippen molar-refractivity contribution in [1.82, 2.24) is 19.4 Å². The van der Waals surface area contributed by atoms with Gasteiger partial charge in [-0.05, 0) is 75.9 Å². The number of piperidine rings is 1. The molecule has 1 aromatic carbocycles. The van der Waals surface area contributed by atoms with Crippen LogP contribution in [0.15, 0.2) is 34.5 Å². The van der Waals surface area contributed by atoms with Crippen LogP contribution in [0.3, 0.4) is 0 Å². The lowest BCUT2D eigenvalue weighted by molar-refractivity contribution is -0.143. The summed E-state index contributed by atoms with van der Waals surface area (Å²) >= 11 is 13.3. The van der Waals surface area contributed by atoms with E-state index in [1.807, 2.05) is 4.90 Å². The molecule has 0 bridgehead atoms. The minimum Gasteiger partial charge on any atom is -0.337 e. The Labute approximate surface area is 237 Å². The summed E-state index contributed by atoms with van der Waals surface area (Å²) in [5.74, 6) is -0.396. The van der Waals surface area contributed by atoms with Gasteiger partial charge in [0, 0.05) is 41.1 Å². The molecule has 4 heterocycles. The van der Waals surface area contributed by atoms with E-state index in [9.17, 15) is 18.0 Å². The van der Waals surface area contributed by atoms with Gasteiger partial charge < -0.3 is 14.7 Å². The molecule has 3 aliphatic heterocycles. The third-order valence-corrected chi connectivity index (χ3v) is 11.2. The number of sulfonamides is 1. The quantitative estimate of drug-likeness (QED) is 0.494. The standard InChI is InChI=1S/C26H32Cl2N4O4S2/c27-18-7-8-20(21(28)15-18)23-9-10-25(37-23)38(35,36)29-22-6-4-13-31(26(22)34)17-24(33)32-14-3-5-19(32)16-30-11-1-2-12-30/h7-10,15,19,22,29H,1-6,11-14,16-17H2. The zero-order chi connectivity index (χ0) is 26.9. The number of rotatable bonds is 8. The summed E-state index contributed by atoms with van der Waals surface area (Å²) in [4.78, 5) is 33.0. The largest absolute Gasteiger partial charge is 0.337 e. The first-order valence-corrected chi connectivity index (χ1v) is 16.1. The summed E-state index contributed by atoms with van der Waals surface area (Å²) in [5, 5.41) is 0.926. The zero-order valence-corrected chi connectivity index (χ0v) is 24.2. The van der Waals surface area contributed by atoms with Crippen LogP contribution in [-0.4, -0.2) is 86.3 Å². The average molecular weight is 600 g/mol. The molecule has 3 fully saturated rings. The van der Waals surface area contributed by atoms with E-state index in [1.54, 1.807) is 24.3 Å². The van der Waals surface area contributed by atoms with E-state index in [0.717, 1.165) is 43.8 Å². The topological polar surface area (TPSA) is 90.0 Å². The Hall–Kier alpha value is -1.69.